The molecule has 21 nitrogen and oxygen atoms in total. The number of benzene rings is 4. The third-order valence-corrected chi connectivity index (χ3v) is 18.1. The highest BCUT2D eigenvalue weighted by atomic mass is 79.9. The molecule has 0 amide bonds. The average molecular weight is 1420 g/mol. The van der Waals surface area contributed by atoms with Crippen LogP contribution < -0.4 is 0 Å². The Labute approximate surface area is 524 Å². The number of hydrogen-bond acceptors (Lipinski definition) is 17. The van der Waals surface area contributed by atoms with E-state index < -0.39 is 26.7 Å². The van der Waals surface area contributed by atoms with E-state index in [2.05, 4.69) is 63.7 Å². The van der Waals surface area contributed by atoms with Gasteiger partial charge in [-0.25, -0.2) is 0 Å². The topological polar surface area (TPSA) is 220 Å². The lowest BCUT2D eigenvalue weighted by atomic mass is 9.68. The molecule has 0 atom stereocenters. The number of fused-ring (bicyclic) bond motifs is 4. The Morgan fingerprint density at radius 3 is 0.671 bits per heavy atom. The summed E-state index contributed by atoms with van der Waals surface area (Å²) in [6, 6.07) is 30.7. The summed E-state index contributed by atoms with van der Waals surface area (Å²) in [6.07, 6.45) is 9.83. The predicted octanol–water partition coefficient (Wildman–Crippen LogP) is 6.80. The van der Waals surface area contributed by atoms with E-state index in [-0.39, 0.29) is 118 Å². The summed E-state index contributed by atoms with van der Waals surface area (Å²) in [4.78, 5) is 92.7. The van der Waals surface area contributed by atoms with Gasteiger partial charge in [0.15, 0.2) is 0 Å². The molecular weight excluding hydrogens is 1360 g/mol. The third kappa shape index (κ3) is 13.9. The molecule has 9 saturated heterocycles. The maximum absolute atomic E-state index is 11.6. The minimum absolute atomic E-state index is 0.161. The van der Waals surface area contributed by atoms with E-state index in [0.29, 0.717) is 0 Å². The lowest BCUT2D eigenvalue weighted by Crippen LogP contribution is -2.58. The van der Waals surface area contributed by atoms with Crippen molar-refractivity contribution in [2.24, 2.45) is 0 Å². The molecule has 0 N–H and O–H groups in total. The van der Waals surface area contributed by atoms with Gasteiger partial charge in [0, 0.05) is 59.3 Å². The summed E-state index contributed by atoms with van der Waals surface area (Å²) in [5.41, 5.74) is 3.75. The molecule has 9 aliphatic heterocycles. The monoisotopic (exact) mass is 1420 g/mol. The fraction of sp³-hybridized carbons (Fsp3) is 0.286. The van der Waals surface area contributed by atoms with Crippen molar-refractivity contribution in [3.8, 4) is 0 Å². The van der Waals surface area contributed by atoms with Crippen molar-refractivity contribution in [3.63, 3.8) is 0 Å². The zero-order chi connectivity index (χ0) is 61.1. The lowest BCUT2D eigenvalue weighted by molar-refractivity contribution is -0.791. The molecule has 0 unspecified atom stereocenters. The van der Waals surface area contributed by atoms with Crippen LogP contribution in [0.15, 0.2) is 139 Å². The Morgan fingerprint density at radius 2 is 0.518 bits per heavy atom. The van der Waals surface area contributed by atoms with Gasteiger partial charge in [-0.15, -0.1) is 0 Å². The fourth-order valence-electron chi connectivity index (χ4n) is 11.5. The number of rotatable bonds is 8. The van der Waals surface area contributed by atoms with Crippen molar-refractivity contribution in [1.82, 2.24) is 0 Å². The largest absolute Gasteiger partial charge is 0.607 e. The van der Waals surface area contributed by atoms with Crippen LogP contribution in [-0.2, 0) is 80.3 Å². The minimum atomic E-state index is -2.08. The van der Waals surface area contributed by atoms with Crippen molar-refractivity contribution in [2.75, 3.05) is 93.8 Å². The van der Waals surface area contributed by atoms with Crippen LogP contribution in [0.5, 0.6) is 0 Å². The maximum atomic E-state index is 11.6. The molecule has 0 aromatic heterocycles. The van der Waals surface area contributed by atoms with Gasteiger partial charge in [-0.2, -0.15) is 0 Å². The number of halogens is 4. The molecule has 0 aliphatic carbocycles. The van der Waals surface area contributed by atoms with E-state index in [1.54, 1.807) is 52.1 Å². The van der Waals surface area contributed by atoms with Crippen LogP contribution in [-0.4, -0.2) is 186 Å². The van der Waals surface area contributed by atoms with Crippen molar-refractivity contribution in [3.05, 3.63) is 161 Å². The van der Waals surface area contributed by atoms with E-state index in [1.807, 2.05) is 121 Å². The number of quaternary nitrogens is 4. The molecule has 9 fully saturated rings. The Balaban J connectivity index is 0.000000132. The van der Waals surface area contributed by atoms with Crippen molar-refractivity contribution in [1.29, 1.82) is 0 Å². The van der Waals surface area contributed by atoms with E-state index in [1.165, 1.54) is 12.8 Å². The normalized spacial score (nSPS) is 31.8. The van der Waals surface area contributed by atoms with Gasteiger partial charge in [-0.05, 0) is 83.6 Å². The highest BCUT2D eigenvalue weighted by Gasteiger charge is 2.66. The number of carbonyl (C=O) groups excluding carboxylic acids is 8. The first kappa shape index (κ1) is 63.1. The molecule has 9 aliphatic rings. The van der Waals surface area contributed by atoms with Crippen molar-refractivity contribution >= 4 is 163 Å². The summed E-state index contributed by atoms with van der Waals surface area (Å²) < 4.78 is 52.2. The van der Waals surface area contributed by atoms with Crippen LogP contribution in [0.25, 0.3) is 24.3 Å². The molecular formula is C56H60B4Br4N4O17. The van der Waals surface area contributed by atoms with Gasteiger partial charge < -0.3 is 59.5 Å². The van der Waals surface area contributed by atoms with Gasteiger partial charge in [-0.3, -0.25) is 38.4 Å². The SMILES string of the molecule is C1CCOC1.C[N+]12CC(=O)O[B-]1(/C=C/c1cccc(Br)c1)OC(=O)C2.C[N+]12CC(=O)O[B-]1(/C=C/c1cccc(Br)c1)OC(=O)C2.C[N+]12CC(=O)O[B-]1(/C=C/c1cccc(Br)c1)OC(=O)C2.C[N+]12CC(=O)O[B-]1(/C=C/c1cccc(Br)c1)OC(=O)C2. The second kappa shape index (κ2) is 25.1. The quantitative estimate of drug-likeness (QED) is 0.166. The number of likely N-dealkylation sites (N-methyl/N-ethyl adjacent to an activating group) is 4. The average Bonchev–Trinajstić information content (AvgIpc) is 1.68. The number of hydrogen-bond donors (Lipinski definition) is 0. The Hall–Kier alpha value is -6.42. The second-order valence-corrected chi connectivity index (χ2v) is 26.7. The van der Waals surface area contributed by atoms with Gasteiger partial charge in [0.2, 0.25) is 0 Å². The first-order chi connectivity index (χ1) is 40.2. The van der Waals surface area contributed by atoms with E-state index in [9.17, 15) is 38.4 Å². The van der Waals surface area contributed by atoms with Gasteiger partial charge >= 0.3 is 74.5 Å². The molecule has 0 spiro atoms. The highest BCUT2D eigenvalue weighted by molar-refractivity contribution is 9.11. The minimum Gasteiger partial charge on any atom is -0.596 e. The molecule has 4 aromatic carbocycles. The second-order valence-electron chi connectivity index (χ2n) is 23.0. The van der Waals surface area contributed by atoms with E-state index in [4.69, 9.17) is 42.0 Å². The summed E-state index contributed by atoms with van der Waals surface area (Å²) in [5, 5.41) is 0. The third-order valence-electron chi connectivity index (χ3n) is 16.1. The summed E-state index contributed by atoms with van der Waals surface area (Å²) in [7, 11) is 7.23. The first-order valence-corrected chi connectivity index (χ1v) is 30.4. The van der Waals surface area contributed by atoms with Crippen LogP contribution in [0.2, 0.25) is 0 Å². The van der Waals surface area contributed by atoms with Crippen LogP contribution in [0.3, 0.4) is 0 Å². The molecule has 9 heterocycles. The standard InChI is InChI=1S/4C13H13BBrNO4.C4H8O/c4*1-16-8-12(17)19-14(16,20-13(18)9-16)6-5-10-3-2-4-11(15)7-10;1-2-4-5-3-1/h4*2-7H,8-9H2,1H3;1-4H2/b4*6-5+;. The van der Waals surface area contributed by atoms with Crippen LogP contribution in [0.4, 0.5) is 0 Å². The van der Waals surface area contributed by atoms with Gasteiger partial charge in [0.25, 0.3) is 0 Å². The molecule has 0 saturated carbocycles. The molecule has 29 heteroatoms. The molecule has 4 aromatic rings. The van der Waals surface area contributed by atoms with Gasteiger partial charge in [0.1, 0.15) is 52.4 Å². The van der Waals surface area contributed by atoms with Crippen molar-refractivity contribution in [2.45, 2.75) is 12.8 Å². The highest BCUT2D eigenvalue weighted by Crippen LogP contribution is 2.39. The van der Waals surface area contributed by atoms with Gasteiger partial charge in [0.05, 0.1) is 0 Å². The first-order valence-electron chi connectivity index (χ1n) is 27.3. The van der Waals surface area contributed by atoms with Crippen LogP contribution in [0.1, 0.15) is 35.1 Å². The molecule has 0 radical (unpaired) electrons. The number of carbonyl (C=O) groups is 8. The molecule has 0 bridgehead atoms. The Morgan fingerprint density at radius 1 is 0.329 bits per heavy atom. The van der Waals surface area contributed by atoms with Crippen molar-refractivity contribution < 1.29 is 97.9 Å². The Kier molecular flexibility index (Phi) is 18.6. The molecule has 446 valence electrons. The molecule has 13 rings (SSSR count). The summed E-state index contributed by atoms with van der Waals surface area (Å²) in [5.74, 6) is 4.15. The summed E-state index contributed by atoms with van der Waals surface area (Å²) >= 11 is 13.6. The zero-order valence-electron chi connectivity index (χ0n) is 46.9. The lowest BCUT2D eigenvalue weighted by Gasteiger charge is -2.37. The predicted molar refractivity (Wildman–Crippen MR) is 328 cm³/mol. The number of nitrogens with zero attached hydrogens (tertiary/aromatic N) is 4. The zero-order valence-corrected chi connectivity index (χ0v) is 53.2. The van der Waals surface area contributed by atoms with Gasteiger partial charge in [-0.1, -0.05) is 160 Å². The van der Waals surface area contributed by atoms with E-state index in [0.717, 1.165) is 53.4 Å². The fourth-order valence-corrected chi connectivity index (χ4v) is 13.2. The maximum Gasteiger partial charge on any atom is 0.607 e. The van der Waals surface area contributed by atoms with E-state index >= 15 is 0 Å². The summed E-state index contributed by atoms with van der Waals surface area (Å²) in [6.45, 7) is -5.03. The molecule has 85 heavy (non-hydrogen) atoms. The van der Waals surface area contributed by atoms with Crippen LogP contribution >= 0.6 is 63.7 Å². The smallest absolute Gasteiger partial charge is 0.596 e. The number of ether oxygens (including phenoxy) is 1. The Bertz CT molecular complexity index is 2970. The van der Waals surface area contributed by atoms with Crippen LogP contribution in [0, 0.1) is 0 Å².